The molecule has 15 heavy (non-hydrogen) atoms. The molecule has 0 saturated carbocycles. The van der Waals surface area contributed by atoms with Crippen LogP contribution in [-0.2, 0) is 4.74 Å². The molecule has 0 atom stereocenters. The number of thiophene rings is 1. The Morgan fingerprint density at radius 2 is 2.53 bits per heavy atom. The quantitative estimate of drug-likeness (QED) is 0.811. The van der Waals surface area contributed by atoms with Crippen LogP contribution in [-0.4, -0.2) is 22.8 Å². The van der Waals surface area contributed by atoms with E-state index in [1.165, 1.54) is 0 Å². The fourth-order valence-electron chi connectivity index (χ4n) is 1.19. The van der Waals surface area contributed by atoms with E-state index in [-0.39, 0.29) is 5.97 Å². The molecule has 2 aromatic heterocycles. The number of carbonyl (C=O) groups excluding carboxylic acids is 1. The standard InChI is InChI=1S/C10H10N2O2S/c1-2-14-10(13)9-5-8(11-12-9)7-3-4-15-6-7/h3-6H,2H2,1H3,(H,11,12). The van der Waals surface area contributed by atoms with Gasteiger partial charge in [0, 0.05) is 10.9 Å². The fraction of sp³-hybridized carbons (Fsp3) is 0.200. The minimum absolute atomic E-state index is 0.367. The number of nitrogens with one attached hydrogen (secondary N) is 1. The lowest BCUT2D eigenvalue weighted by atomic mass is 10.2. The molecular formula is C10H10N2O2S. The van der Waals surface area contributed by atoms with Gasteiger partial charge in [0.1, 0.15) is 5.69 Å². The van der Waals surface area contributed by atoms with Crippen LogP contribution in [0.25, 0.3) is 11.3 Å². The van der Waals surface area contributed by atoms with Gasteiger partial charge in [-0.25, -0.2) is 4.79 Å². The third-order valence-electron chi connectivity index (χ3n) is 1.89. The van der Waals surface area contributed by atoms with E-state index in [9.17, 15) is 4.79 Å². The molecule has 0 aromatic carbocycles. The van der Waals surface area contributed by atoms with Crippen molar-refractivity contribution in [1.82, 2.24) is 10.2 Å². The van der Waals surface area contributed by atoms with Crippen molar-refractivity contribution in [2.45, 2.75) is 6.92 Å². The average Bonchev–Trinajstić information content (AvgIpc) is 2.89. The second-order valence-corrected chi connectivity index (χ2v) is 3.68. The van der Waals surface area contributed by atoms with E-state index in [2.05, 4.69) is 10.2 Å². The highest BCUT2D eigenvalue weighted by Gasteiger charge is 2.11. The molecule has 0 amide bonds. The Bertz CT molecular complexity index is 448. The lowest BCUT2D eigenvalue weighted by Gasteiger charge is -1.95. The third-order valence-corrected chi connectivity index (χ3v) is 2.57. The first-order valence-electron chi connectivity index (χ1n) is 4.56. The van der Waals surface area contributed by atoms with E-state index in [4.69, 9.17) is 4.74 Å². The summed E-state index contributed by atoms with van der Waals surface area (Å²) in [5.41, 5.74) is 2.16. The van der Waals surface area contributed by atoms with Gasteiger partial charge in [-0.05, 0) is 24.4 Å². The summed E-state index contributed by atoms with van der Waals surface area (Å²) in [5.74, 6) is -0.369. The van der Waals surface area contributed by atoms with Gasteiger partial charge in [-0.15, -0.1) is 0 Å². The first-order chi connectivity index (χ1) is 7.31. The van der Waals surface area contributed by atoms with Crippen molar-refractivity contribution >= 4 is 17.3 Å². The molecule has 2 heterocycles. The maximum atomic E-state index is 11.3. The number of carbonyl (C=O) groups is 1. The van der Waals surface area contributed by atoms with Gasteiger partial charge in [0.05, 0.1) is 12.3 Å². The number of aromatic nitrogens is 2. The summed E-state index contributed by atoms with van der Waals surface area (Å²) in [6, 6.07) is 3.65. The molecule has 0 spiro atoms. The molecule has 5 heteroatoms. The molecule has 1 N–H and O–H groups in total. The molecule has 0 aliphatic heterocycles. The predicted molar refractivity (Wildman–Crippen MR) is 57.9 cm³/mol. The second kappa shape index (κ2) is 4.27. The molecule has 0 aliphatic rings. The Morgan fingerprint density at radius 1 is 1.67 bits per heavy atom. The largest absolute Gasteiger partial charge is 0.461 e. The minimum atomic E-state index is -0.369. The van der Waals surface area contributed by atoms with Gasteiger partial charge in [-0.3, -0.25) is 5.10 Å². The lowest BCUT2D eigenvalue weighted by molar-refractivity contribution is 0.0519. The third kappa shape index (κ3) is 2.07. The SMILES string of the molecule is CCOC(=O)c1cc(-c2ccsc2)n[nH]1. The van der Waals surface area contributed by atoms with Crippen LogP contribution in [0.1, 0.15) is 17.4 Å². The second-order valence-electron chi connectivity index (χ2n) is 2.90. The number of H-pyrrole nitrogens is 1. The molecule has 0 bridgehead atoms. The van der Waals surface area contributed by atoms with Crippen LogP contribution < -0.4 is 0 Å². The summed E-state index contributed by atoms with van der Waals surface area (Å²) in [5, 5.41) is 10.6. The normalized spacial score (nSPS) is 10.2. The van der Waals surface area contributed by atoms with E-state index in [0.29, 0.717) is 12.3 Å². The van der Waals surface area contributed by atoms with Crippen LogP contribution >= 0.6 is 11.3 Å². The summed E-state index contributed by atoms with van der Waals surface area (Å²) < 4.78 is 4.85. The molecule has 0 fully saturated rings. The number of nitrogens with zero attached hydrogens (tertiary/aromatic N) is 1. The maximum absolute atomic E-state index is 11.3. The number of hydrogen-bond acceptors (Lipinski definition) is 4. The summed E-state index contributed by atoms with van der Waals surface area (Å²) in [6.45, 7) is 2.14. The van der Waals surface area contributed by atoms with Gasteiger partial charge >= 0.3 is 5.97 Å². The Kier molecular flexibility index (Phi) is 2.82. The lowest BCUT2D eigenvalue weighted by Crippen LogP contribution is -2.04. The zero-order valence-corrected chi connectivity index (χ0v) is 9.00. The van der Waals surface area contributed by atoms with Crippen molar-refractivity contribution in [3.63, 3.8) is 0 Å². The van der Waals surface area contributed by atoms with Crippen LogP contribution in [0.15, 0.2) is 22.9 Å². The monoisotopic (exact) mass is 222 g/mol. The summed E-state index contributed by atoms with van der Waals surface area (Å²) in [7, 11) is 0. The van der Waals surface area contributed by atoms with Crippen LogP contribution in [0.4, 0.5) is 0 Å². The van der Waals surface area contributed by atoms with Crippen LogP contribution in [0.2, 0.25) is 0 Å². The van der Waals surface area contributed by atoms with Gasteiger partial charge in [-0.1, -0.05) is 0 Å². The fourth-order valence-corrected chi connectivity index (χ4v) is 1.84. The van der Waals surface area contributed by atoms with Gasteiger partial charge in [0.15, 0.2) is 0 Å². The van der Waals surface area contributed by atoms with E-state index in [0.717, 1.165) is 11.3 Å². The Balaban J connectivity index is 2.21. The number of aromatic amines is 1. The smallest absolute Gasteiger partial charge is 0.356 e. The van der Waals surface area contributed by atoms with Crippen molar-refractivity contribution in [3.8, 4) is 11.3 Å². The summed E-state index contributed by atoms with van der Waals surface area (Å²) >= 11 is 1.59. The zero-order valence-electron chi connectivity index (χ0n) is 8.19. The first kappa shape index (κ1) is 9.92. The van der Waals surface area contributed by atoms with E-state index < -0.39 is 0 Å². The highest BCUT2D eigenvalue weighted by molar-refractivity contribution is 7.08. The molecule has 0 unspecified atom stereocenters. The number of ether oxygens (including phenoxy) is 1. The first-order valence-corrected chi connectivity index (χ1v) is 5.50. The van der Waals surface area contributed by atoms with E-state index in [1.54, 1.807) is 24.3 Å². The maximum Gasteiger partial charge on any atom is 0.356 e. The van der Waals surface area contributed by atoms with E-state index in [1.807, 2.05) is 16.8 Å². The average molecular weight is 222 g/mol. The summed E-state index contributed by atoms with van der Waals surface area (Å²) in [6.07, 6.45) is 0. The highest BCUT2D eigenvalue weighted by Crippen LogP contribution is 2.20. The van der Waals surface area contributed by atoms with Crippen molar-refractivity contribution in [2.75, 3.05) is 6.61 Å². The van der Waals surface area contributed by atoms with Crippen molar-refractivity contribution in [3.05, 3.63) is 28.6 Å². The molecule has 78 valence electrons. The van der Waals surface area contributed by atoms with Crippen LogP contribution in [0.5, 0.6) is 0 Å². The van der Waals surface area contributed by atoms with Gasteiger partial charge in [-0.2, -0.15) is 16.4 Å². The van der Waals surface area contributed by atoms with Crippen LogP contribution in [0.3, 0.4) is 0 Å². The van der Waals surface area contributed by atoms with Crippen molar-refractivity contribution < 1.29 is 9.53 Å². The van der Waals surface area contributed by atoms with Gasteiger partial charge in [0.2, 0.25) is 0 Å². The molecular weight excluding hydrogens is 212 g/mol. The van der Waals surface area contributed by atoms with Gasteiger partial charge < -0.3 is 4.74 Å². The Labute approximate surface area is 90.9 Å². The van der Waals surface area contributed by atoms with E-state index >= 15 is 0 Å². The summed E-state index contributed by atoms with van der Waals surface area (Å²) in [4.78, 5) is 11.3. The predicted octanol–water partition coefficient (Wildman–Crippen LogP) is 2.31. The number of rotatable bonds is 3. The molecule has 4 nitrogen and oxygen atoms in total. The number of hydrogen-bond donors (Lipinski definition) is 1. The molecule has 0 radical (unpaired) electrons. The van der Waals surface area contributed by atoms with Crippen molar-refractivity contribution in [1.29, 1.82) is 0 Å². The highest BCUT2D eigenvalue weighted by atomic mass is 32.1. The molecule has 0 saturated heterocycles. The minimum Gasteiger partial charge on any atom is -0.461 e. The van der Waals surface area contributed by atoms with Crippen molar-refractivity contribution in [2.24, 2.45) is 0 Å². The van der Waals surface area contributed by atoms with Crippen LogP contribution in [0, 0.1) is 0 Å². The molecule has 2 aromatic rings. The Hall–Kier alpha value is -1.62. The van der Waals surface area contributed by atoms with Gasteiger partial charge in [0.25, 0.3) is 0 Å². The zero-order chi connectivity index (χ0) is 10.7. The number of esters is 1. The topological polar surface area (TPSA) is 55.0 Å². The Morgan fingerprint density at radius 3 is 3.20 bits per heavy atom. The molecule has 2 rings (SSSR count). The molecule has 0 aliphatic carbocycles.